The predicted octanol–water partition coefficient (Wildman–Crippen LogP) is -2.77. The Morgan fingerprint density at radius 1 is 0.674 bits per heavy atom. The summed E-state index contributed by atoms with van der Waals surface area (Å²) >= 11 is 0. The van der Waals surface area contributed by atoms with E-state index >= 15 is 0 Å². The van der Waals surface area contributed by atoms with Gasteiger partial charge in [-0.05, 0) is 18.2 Å². The maximum atomic E-state index is 12.9. The maximum absolute atomic E-state index is 12.9. The van der Waals surface area contributed by atoms with Crippen LogP contribution in [0, 0.1) is 0 Å². The van der Waals surface area contributed by atoms with Crippen molar-refractivity contribution in [2.45, 2.75) is 61.4 Å². The summed E-state index contributed by atoms with van der Waals surface area (Å²) in [5.74, 6) is -1.54. The summed E-state index contributed by atoms with van der Waals surface area (Å²) < 4.78 is 27.5. The number of fused-ring (bicyclic) bond motifs is 1. The largest absolute Gasteiger partial charge is 0.507 e. The van der Waals surface area contributed by atoms with Crippen molar-refractivity contribution in [2.75, 3.05) is 13.2 Å². The second-order valence-electron chi connectivity index (χ2n) is 10.1. The van der Waals surface area contributed by atoms with Crippen LogP contribution in [0.25, 0.3) is 22.3 Å². The molecule has 2 aromatic carbocycles. The molecule has 3 aromatic rings. The molecule has 0 radical (unpaired) electrons. The molecule has 16 heteroatoms. The average Bonchev–Trinajstić information content (AvgIpc) is 2.98. The van der Waals surface area contributed by atoms with Crippen LogP contribution < -0.4 is 14.9 Å². The molecule has 0 bridgehead atoms. The lowest BCUT2D eigenvalue weighted by atomic mass is 9.99. The first-order valence-electron chi connectivity index (χ1n) is 13.0. The quantitative estimate of drug-likeness (QED) is 0.130. The first-order valence-corrected chi connectivity index (χ1v) is 13.0. The topological polar surface area (TPSA) is 269 Å². The number of phenols is 2. The number of hydrogen-bond acceptors (Lipinski definition) is 16. The van der Waals surface area contributed by atoms with Gasteiger partial charge in [0.15, 0.2) is 16.9 Å². The Kier molecular flexibility index (Phi) is 8.77. The zero-order valence-electron chi connectivity index (χ0n) is 22.1. The molecule has 0 amide bonds. The first kappa shape index (κ1) is 30.9. The van der Waals surface area contributed by atoms with Crippen LogP contribution >= 0.6 is 0 Å². The van der Waals surface area contributed by atoms with Crippen LogP contribution in [-0.4, -0.2) is 126 Å². The van der Waals surface area contributed by atoms with Gasteiger partial charge < -0.3 is 74.4 Å². The molecule has 234 valence electrons. The van der Waals surface area contributed by atoms with E-state index in [4.69, 9.17) is 23.4 Å². The molecule has 2 fully saturated rings. The Morgan fingerprint density at radius 3 is 1.84 bits per heavy atom. The van der Waals surface area contributed by atoms with E-state index in [1.807, 2.05) is 0 Å². The van der Waals surface area contributed by atoms with Crippen molar-refractivity contribution >= 4 is 11.0 Å². The zero-order chi connectivity index (χ0) is 31.2. The van der Waals surface area contributed by atoms with Crippen molar-refractivity contribution < 1.29 is 74.4 Å². The SMILES string of the molecule is O=c1cc(-c2ccc(O)c(O[C@@H]3O[C@H](CO)[C@@H](O)[C@H](O)[C@H]3O)c2)oc2cc(O[C@@H]3O[C@H](CO)[C@@H](O)[C@H](O)[C@@H]3O)cc(O)c12. The smallest absolute Gasteiger partial charge is 0.229 e. The zero-order valence-corrected chi connectivity index (χ0v) is 22.1. The van der Waals surface area contributed by atoms with Crippen LogP contribution in [0.4, 0.5) is 0 Å². The Bertz CT molecular complexity index is 1500. The number of benzene rings is 2. The minimum absolute atomic E-state index is 0.0828. The summed E-state index contributed by atoms with van der Waals surface area (Å²) in [4.78, 5) is 12.9. The summed E-state index contributed by atoms with van der Waals surface area (Å²) in [5, 5.41) is 99.9. The molecule has 3 heterocycles. The Hall–Kier alpha value is -3.55. The predicted molar refractivity (Wildman–Crippen MR) is 140 cm³/mol. The van der Waals surface area contributed by atoms with Gasteiger partial charge in [0.2, 0.25) is 12.6 Å². The van der Waals surface area contributed by atoms with Gasteiger partial charge in [-0.2, -0.15) is 0 Å². The van der Waals surface area contributed by atoms with Gasteiger partial charge in [0, 0.05) is 23.8 Å². The molecule has 1 aromatic heterocycles. The van der Waals surface area contributed by atoms with Gasteiger partial charge in [-0.15, -0.1) is 0 Å². The molecule has 10 N–H and O–H groups in total. The van der Waals surface area contributed by atoms with Crippen molar-refractivity contribution in [1.29, 1.82) is 0 Å². The van der Waals surface area contributed by atoms with E-state index < -0.39 is 91.6 Å². The summed E-state index contributed by atoms with van der Waals surface area (Å²) in [6, 6.07) is 7.02. The molecule has 16 nitrogen and oxygen atoms in total. The summed E-state index contributed by atoms with van der Waals surface area (Å²) in [6.45, 7) is -1.39. The minimum atomic E-state index is -1.76. The molecular weight excluding hydrogens is 580 g/mol. The van der Waals surface area contributed by atoms with Crippen LogP contribution in [-0.2, 0) is 9.47 Å². The third-order valence-corrected chi connectivity index (χ3v) is 7.22. The maximum Gasteiger partial charge on any atom is 0.229 e. The summed E-state index contributed by atoms with van der Waals surface area (Å²) in [5.41, 5.74) is -0.708. The molecule has 2 saturated heterocycles. The second-order valence-corrected chi connectivity index (χ2v) is 10.1. The fraction of sp³-hybridized carbons (Fsp3) is 0.444. The van der Waals surface area contributed by atoms with Crippen molar-refractivity contribution in [3.05, 3.63) is 46.6 Å². The highest BCUT2D eigenvalue weighted by Crippen LogP contribution is 2.37. The molecule has 0 spiro atoms. The molecule has 5 rings (SSSR count). The van der Waals surface area contributed by atoms with Gasteiger partial charge in [-0.1, -0.05) is 0 Å². The molecular formula is C27H30O16. The van der Waals surface area contributed by atoms with Crippen LogP contribution in [0.5, 0.6) is 23.0 Å². The van der Waals surface area contributed by atoms with Crippen molar-refractivity contribution in [1.82, 2.24) is 0 Å². The van der Waals surface area contributed by atoms with Crippen molar-refractivity contribution in [3.8, 4) is 34.3 Å². The van der Waals surface area contributed by atoms with E-state index in [0.717, 1.165) is 12.1 Å². The molecule has 0 aliphatic carbocycles. The third kappa shape index (κ3) is 5.85. The van der Waals surface area contributed by atoms with E-state index in [0.29, 0.717) is 0 Å². The fourth-order valence-corrected chi connectivity index (χ4v) is 4.80. The van der Waals surface area contributed by atoms with Crippen LogP contribution in [0.3, 0.4) is 0 Å². The Labute approximate surface area is 241 Å². The van der Waals surface area contributed by atoms with E-state index in [1.165, 1.54) is 24.3 Å². The molecule has 2 aliphatic heterocycles. The first-order chi connectivity index (χ1) is 20.4. The lowest BCUT2D eigenvalue weighted by Gasteiger charge is -2.39. The average molecular weight is 611 g/mol. The van der Waals surface area contributed by atoms with E-state index in [1.54, 1.807) is 0 Å². The van der Waals surface area contributed by atoms with Gasteiger partial charge in [0.05, 0.1) is 13.2 Å². The van der Waals surface area contributed by atoms with Gasteiger partial charge in [0.1, 0.15) is 77.1 Å². The number of hydrogen-bond donors (Lipinski definition) is 10. The van der Waals surface area contributed by atoms with Crippen molar-refractivity contribution in [3.63, 3.8) is 0 Å². The van der Waals surface area contributed by atoms with Gasteiger partial charge in [-0.3, -0.25) is 4.79 Å². The lowest BCUT2D eigenvalue weighted by molar-refractivity contribution is -0.277. The monoisotopic (exact) mass is 610 g/mol. The Balaban J connectivity index is 1.45. The third-order valence-electron chi connectivity index (χ3n) is 7.22. The Morgan fingerprint density at radius 2 is 1.26 bits per heavy atom. The highest BCUT2D eigenvalue weighted by atomic mass is 16.7. The molecule has 43 heavy (non-hydrogen) atoms. The fourth-order valence-electron chi connectivity index (χ4n) is 4.80. The normalized spacial score (nSPS) is 32.9. The summed E-state index contributed by atoms with van der Waals surface area (Å²) in [6.07, 6.45) is -15.9. The molecule has 2 aliphatic rings. The lowest BCUT2D eigenvalue weighted by Crippen LogP contribution is -2.60. The molecule has 10 atom stereocenters. The van der Waals surface area contributed by atoms with Crippen LogP contribution in [0.2, 0.25) is 0 Å². The van der Waals surface area contributed by atoms with E-state index in [9.17, 15) is 55.9 Å². The summed E-state index contributed by atoms with van der Waals surface area (Å²) in [7, 11) is 0. The van der Waals surface area contributed by atoms with Crippen LogP contribution in [0.15, 0.2) is 45.6 Å². The van der Waals surface area contributed by atoms with Crippen molar-refractivity contribution in [2.24, 2.45) is 0 Å². The second kappa shape index (κ2) is 12.2. The standard InChI is InChI=1S/C27H30O16/c28-7-17-20(33)22(35)24(37)26(42-17)39-10-4-12(31)19-13(32)6-14(40-16(19)5-10)9-1-2-11(30)15(3-9)41-27-25(38)23(36)21(34)18(8-29)43-27/h1-6,17-18,20-31,33-38H,7-8H2/t17-,18-,20-,21-,22+,23+,24+,25-,26-,27-/m1/s1. The number of aliphatic hydroxyl groups excluding tert-OH is 8. The number of aliphatic hydroxyl groups is 8. The highest BCUT2D eigenvalue weighted by Gasteiger charge is 2.46. The number of ether oxygens (including phenoxy) is 4. The highest BCUT2D eigenvalue weighted by molar-refractivity contribution is 5.86. The van der Waals surface area contributed by atoms with E-state index in [2.05, 4.69) is 0 Å². The van der Waals surface area contributed by atoms with Gasteiger partial charge in [-0.25, -0.2) is 0 Å². The number of aromatic hydroxyl groups is 2. The number of phenolic OH excluding ortho intramolecular Hbond substituents is 2. The minimum Gasteiger partial charge on any atom is -0.507 e. The van der Waals surface area contributed by atoms with Crippen LogP contribution in [0.1, 0.15) is 0 Å². The molecule has 0 saturated carbocycles. The van der Waals surface area contributed by atoms with E-state index in [-0.39, 0.29) is 33.8 Å². The van der Waals surface area contributed by atoms with Gasteiger partial charge >= 0.3 is 0 Å². The number of rotatable bonds is 7. The van der Waals surface area contributed by atoms with Gasteiger partial charge in [0.25, 0.3) is 0 Å². The molecule has 0 unspecified atom stereocenters.